The van der Waals surface area contributed by atoms with Crippen LogP contribution in [0, 0.1) is 0 Å². The second-order valence-electron chi connectivity index (χ2n) is 7.88. The summed E-state index contributed by atoms with van der Waals surface area (Å²) in [5.41, 5.74) is -0.528. The van der Waals surface area contributed by atoms with Gasteiger partial charge in [-0.05, 0) is 34.6 Å². The Morgan fingerprint density at radius 3 is 2.38 bits per heavy atom. The van der Waals surface area contributed by atoms with Crippen molar-refractivity contribution in [1.29, 1.82) is 0 Å². The van der Waals surface area contributed by atoms with Crippen molar-refractivity contribution in [3.63, 3.8) is 0 Å². The molecular weight excluding hydrogens is 471 g/mol. The summed E-state index contributed by atoms with van der Waals surface area (Å²) in [6.07, 6.45) is -0.380. The van der Waals surface area contributed by atoms with Gasteiger partial charge < -0.3 is 19.9 Å². The number of guanidine groups is 1. The van der Waals surface area contributed by atoms with Crippen LogP contribution < -0.4 is 5.32 Å². The molecule has 0 saturated carbocycles. The van der Waals surface area contributed by atoms with Gasteiger partial charge in [0.15, 0.2) is 15.8 Å². The number of hydrogen-bond acceptors (Lipinski definition) is 5. The summed E-state index contributed by atoms with van der Waals surface area (Å²) in [7, 11) is 0.246. The molecule has 10 heteroatoms. The van der Waals surface area contributed by atoms with Gasteiger partial charge >= 0.3 is 6.09 Å². The van der Waals surface area contributed by atoms with Crippen molar-refractivity contribution in [3.8, 4) is 0 Å². The number of nitrogens with one attached hydrogen (secondary N) is 1. The van der Waals surface area contributed by atoms with E-state index in [0.717, 1.165) is 0 Å². The number of carbonyl (C=O) groups excluding carboxylic acids is 1. The minimum absolute atomic E-state index is 0. The smallest absolute Gasteiger partial charge is 0.410 e. The summed E-state index contributed by atoms with van der Waals surface area (Å²) in [6.45, 7) is 10.7. The lowest BCUT2D eigenvalue weighted by Gasteiger charge is -2.39. The molecule has 0 aromatic heterocycles. The lowest BCUT2D eigenvalue weighted by Crippen LogP contribution is -2.57. The fourth-order valence-electron chi connectivity index (χ4n) is 2.42. The maximum absolute atomic E-state index is 12.1. The van der Waals surface area contributed by atoms with E-state index in [-0.39, 0.29) is 35.8 Å². The number of aliphatic imine (C=N–C) groups is 1. The van der Waals surface area contributed by atoms with E-state index in [4.69, 9.17) is 4.74 Å². The van der Waals surface area contributed by atoms with Crippen molar-refractivity contribution in [2.75, 3.05) is 46.0 Å². The number of sulfone groups is 1. The average Bonchev–Trinajstić information content (AvgIpc) is 2.44. The van der Waals surface area contributed by atoms with Gasteiger partial charge in [0, 0.05) is 40.3 Å². The Bertz CT molecular complexity index is 614. The molecule has 0 radical (unpaired) electrons. The van der Waals surface area contributed by atoms with Crippen LogP contribution in [0.1, 0.15) is 34.6 Å². The summed E-state index contributed by atoms with van der Waals surface area (Å²) in [4.78, 5) is 19.6. The van der Waals surface area contributed by atoms with E-state index < -0.39 is 20.2 Å². The Morgan fingerprint density at radius 1 is 1.35 bits per heavy atom. The Hall–Kier alpha value is -0.780. The number of likely N-dealkylation sites (N-methyl/N-ethyl adjacent to an activating group) is 1. The molecule has 1 rings (SSSR count). The number of nitrogens with zero attached hydrogens (tertiary/aromatic N) is 3. The van der Waals surface area contributed by atoms with E-state index in [2.05, 4.69) is 10.3 Å². The van der Waals surface area contributed by atoms with Gasteiger partial charge in [-0.3, -0.25) is 4.99 Å². The molecule has 1 heterocycles. The van der Waals surface area contributed by atoms with Crippen LogP contribution in [0.15, 0.2) is 4.99 Å². The molecule has 0 bridgehead atoms. The molecular formula is C16H33IN4O4S. The third kappa shape index (κ3) is 7.09. The Labute approximate surface area is 174 Å². The number of hydrogen-bond donors (Lipinski definition) is 1. The van der Waals surface area contributed by atoms with Gasteiger partial charge in [-0.25, -0.2) is 13.2 Å². The van der Waals surface area contributed by atoms with Crippen molar-refractivity contribution in [2.45, 2.75) is 45.0 Å². The van der Waals surface area contributed by atoms with Crippen molar-refractivity contribution in [3.05, 3.63) is 0 Å². The molecule has 0 aliphatic carbocycles. The Balaban J connectivity index is 0.00000625. The van der Waals surface area contributed by atoms with E-state index in [0.29, 0.717) is 32.1 Å². The van der Waals surface area contributed by atoms with Gasteiger partial charge in [0.2, 0.25) is 0 Å². The van der Waals surface area contributed by atoms with Crippen LogP contribution in [0.3, 0.4) is 0 Å². The number of amides is 1. The molecule has 8 nitrogen and oxygen atoms in total. The zero-order chi connectivity index (χ0) is 19.5. The van der Waals surface area contributed by atoms with Gasteiger partial charge in [0.25, 0.3) is 0 Å². The van der Waals surface area contributed by atoms with Gasteiger partial charge in [-0.2, -0.15) is 0 Å². The molecule has 1 fully saturated rings. The van der Waals surface area contributed by atoms with E-state index >= 15 is 0 Å². The zero-order valence-electron chi connectivity index (χ0n) is 16.8. The standard InChI is InChI=1S/C16H32N4O4S.HI/c1-15(2,3)24-14(21)19(7)9-8-18-13(17-6)20-10-11-25(22,23)16(4,5)12-20;/h8-12H2,1-7H3,(H,17,18);1H. The van der Waals surface area contributed by atoms with E-state index in [1.807, 2.05) is 25.7 Å². The van der Waals surface area contributed by atoms with Crippen molar-refractivity contribution in [1.82, 2.24) is 15.1 Å². The van der Waals surface area contributed by atoms with Crippen LogP contribution in [-0.2, 0) is 14.6 Å². The number of carbonyl (C=O) groups is 1. The van der Waals surface area contributed by atoms with Gasteiger partial charge in [0.05, 0.1) is 10.5 Å². The van der Waals surface area contributed by atoms with Gasteiger partial charge in [0.1, 0.15) is 5.60 Å². The first-order valence-electron chi connectivity index (χ1n) is 8.41. The highest BCUT2D eigenvalue weighted by Gasteiger charge is 2.40. The van der Waals surface area contributed by atoms with Crippen LogP contribution in [0.4, 0.5) is 4.79 Å². The molecule has 1 aliphatic rings. The summed E-state index contributed by atoms with van der Waals surface area (Å²) >= 11 is 0. The largest absolute Gasteiger partial charge is 0.444 e. The first-order chi connectivity index (χ1) is 11.3. The number of halogens is 1. The number of rotatable bonds is 3. The zero-order valence-corrected chi connectivity index (χ0v) is 20.0. The van der Waals surface area contributed by atoms with E-state index in [1.165, 1.54) is 4.90 Å². The molecule has 26 heavy (non-hydrogen) atoms. The maximum Gasteiger partial charge on any atom is 0.410 e. The predicted octanol–water partition coefficient (Wildman–Crippen LogP) is 1.56. The van der Waals surface area contributed by atoms with Crippen LogP contribution in [-0.4, -0.2) is 86.6 Å². The van der Waals surface area contributed by atoms with E-state index in [1.54, 1.807) is 27.9 Å². The third-order valence-corrected chi connectivity index (χ3v) is 6.52. The SMILES string of the molecule is CN=C(NCCN(C)C(=O)OC(C)(C)C)N1CCS(=O)(=O)C(C)(C)C1.I. The molecule has 0 atom stereocenters. The summed E-state index contributed by atoms with van der Waals surface area (Å²) in [5, 5.41) is 3.18. The monoisotopic (exact) mass is 504 g/mol. The molecule has 1 N–H and O–H groups in total. The lowest BCUT2D eigenvalue weighted by molar-refractivity contribution is 0.0302. The first-order valence-corrected chi connectivity index (χ1v) is 10.1. The van der Waals surface area contributed by atoms with E-state index in [9.17, 15) is 13.2 Å². The summed E-state index contributed by atoms with van der Waals surface area (Å²) < 4.78 is 28.7. The van der Waals surface area contributed by atoms with Crippen LogP contribution >= 0.6 is 24.0 Å². The first kappa shape index (κ1) is 25.2. The molecule has 0 spiro atoms. The Kier molecular flexibility index (Phi) is 9.14. The highest BCUT2D eigenvalue weighted by Crippen LogP contribution is 2.23. The molecule has 0 unspecified atom stereocenters. The second kappa shape index (κ2) is 9.43. The van der Waals surface area contributed by atoms with Crippen LogP contribution in [0.5, 0.6) is 0 Å². The van der Waals surface area contributed by atoms with Gasteiger partial charge in [-0.1, -0.05) is 0 Å². The second-order valence-corrected chi connectivity index (χ2v) is 10.6. The molecule has 1 saturated heterocycles. The normalized spacial score (nSPS) is 19.3. The highest BCUT2D eigenvalue weighted by molar-refractivity contribution is 14.0. The average molecular weight is 504 g/mol. The molecule has 0 aromatic rings. The minimum atomic E-state index is -3.09. The molecule has 1 aliphatic heterocycles. The topological polar surface area (TPSA) is 91.3 Å². The highest BCUT2D eigenvalue weighted by atomic mass is 127. The summed E-state index contributed by atoms with van der Waals surface area (Å²) in [5.74, 6) is 0.749. The van der Waals surface area contributed by atoms with Gasteiger partial charge in [-0.15, -0.1) is 24.0 Å². The minimum Gasteiger partial charge on any atom is -0.444 e. The lowest BCUT2D eigenvalue weighted by atomic mass is 10.2. The van der Waals surface area contributed by atoms with Crippen molar-refractivity contribution >= 4 is 45.9 Å². The number of ether oxygens (including phenoxy) is 1. The molecule has 0 aromatic carbocycles. The fraction of sp³-hybridized carbons (Fsp3) is 0.875. The van der Waals surface area contributed by atoms with Crippen molar-refractivity contribution in [2.24, 2.45) is 4.99 Å². The third-order valence-electron chi connectivity index (χ3n) is 3.99. The quantitative estimate of drug-likeness (QED) is 0.357. The van der Waals surface area contributed by atoms with Crippen LogP contribution in [0.2, 0.25) is 0 Å². The summed E-state index contributed by atoms with van der Waals surface area (Å²) in [6, 6.07) is 0. The Morgan fingerprint density at radius 2 is 1.92 bits per heavy atom. The van der Waals surface area contributed by atoms with Crippen molar-refractivity contribution < 1.29 is 17.9 Å². The van der Waals surface area contributed by atoms with Crippen LogP contribution in [0.25, 0.3) is 0 Å². The molecule has 154 valence electrons. The molecule has 1 amide bonds. The fourth-order valence-corrected chi connectivity index (χ4v) is 3.79. The maximum atomic E-state index is 12.1. The predicted molar refractivity (Wildman–Crippen MR) is 115 cm³/mol.